The van der Waals surface area contributed by atoms with E-state index in [0.717, 1.165) is 44.9 Å². The van der Waals surface area contributed by atoms with Crippen molar-refractivity contribution in [3.05, 3.63) is 83.7 Å². The molecule has 0 aliphatic heterocycles. The summed E-state index contributed by atoms with van der Waals surface area (Å²) < 4.78 is 4.36. The molecule has 0 amide bonds. The second-order valence-electron chi connectivity index (χ2n) is 8.71. The Balaban J connectivity index is 1.55. The van der Waals surface area contributed by atoms with Crippen molar-refractivity contribution >= 4 is 44.2 Å². The third kappa shape index (κ3) is 2.65. The highest BCUT2D eigenvalue weighted by molar-refractivity contribution is 6.18. The molecule has 3 aromatic carbocycles. The monoisotopic (exact) mass is 450 g/mol. The molecule has 4 N–H and O–H groups in total. The number of allylic oxidation sites excluding steroid dienone is 1. The van der Waals surface area contributed by atoms with Gasteiger partial charge in [-0.25, -0.2) is 0 Å². The SMILES string of the molecule is CCn1c2c(c3ccccc31)C(=O)C(N)=CC2Nc1ccc2c(c1O)c1ccccc1n2CC. The molecule has 0 saturated carbocycles. The number of aromatic hydroxyl groups is 1. The van der Waals surface area contributed by atoms with E-state index in [1.807, 2.05) is 54.6 Å². The number of phenols is 1. The van der Waals surface area contributed by atoms with Crippen molar-refractivity contribution in [1.82, 2.24) is 9.13 Å². The molecule has 0 bridgehead atoms. The highest BCUT2D eigenvalue weighted by atomic mass is 16.3. The molecule has 0 spiro atoms. The lowest BCUT2D eigenvalue weighted by Crippen LogP contribution is -2.25. The van der Waals surface area contributed by atoms with E-state index in [1.165, 1.54) is 0 Å². The molecule has 2 aromatic heterocycles. The smallest absolute Gasteiger partial charge is 0.210 e. The van der Waals surface area contributed by atoms with Crippen LogP contribution in [0.1, 0.15) is 35.9 Å². The molecule has 6 rings (SSSR count). The van der Waals surface area contributed by atoms with Crippen molar-refractivity contribution in [3.8, 4) is 5.75 Å². The molecule has 34 heavy (non-hydrogen) atoms. The van der Waals surface area contributed by atoms with E-state index in [9.17, 15) is 9.90 Å². The minimum absolute atomic E-state index is 0.151. The number of para-hydroxylation sites is 2. The number of anilines is 1. The van der Waals surface area contributed by atoms with E-state index in [4.69, 9.17) is 5.73 Å². The van der Waals surface area contributed by atoms with Crippen molar-refractivity contribution in [2.75, 3.05) is 5.32 Å². The van der Waals surface area contributed by atoms with Gasteiger partial charge in [0, 0.05) is 34.9 Å². The lowest BCUT2D eigenvalue weighted by atomic mass is 9.94. The predicted octanol–water partition coefficient (Wildman–Crippen LogP) is 5.69. The number of fused-ring (bicyclic) bond motifs is 6. The molecule has 0 radical (unpaired) electrons. The van der Waals surface area contributed by atoms with E-state index < -0.39 is 0 Å². The average molecular weight is 451 g/mol. The fraction of sp³-hybridized carbons (Fsp3) is 0.179. The van der Waals surface area contributed by atoms with Gasteiger partial charge < -0.3 is 25.3 Å². The fourth-order valence-electron chi connectivity index (χ4n) is 5.56. The van der Waals surface area contributed by atoms with Crippen molar-refractivity contribution in [1.29, 1.82) is 0 Å². The van der Waals surface area contributed by atoms with Crippen LogP contribution in [-0.2, 0) is 13.1 Å². The number of carbonyl (C=O) groups is 1. The van der Waals surface area contributed by atoms with Gasteiger partial charge in [-0.05, 0) is 44.2 Å². The minimum atomic E-state index is -0.358. The van der Waals surface area contributed by atoms with Crippen LogP contribution in [0.4, 0.5) is 5.69 Å². The van der Waals surface area contributed by atoms with Gasteiger partial charge in [0.15, 0.2) is 0 Å². The van der Waals surface area contributed by atoms with Gasteiger partial charge in [0.1, 0.15) is 5.75 Å². The Morgan fingerprint density at radius 1 is 0.882 bits per heavy atom. The molecule has 6 nitrogen and oxygen atoms in total. The van der Waals surface area contributed by atoms with E-state index >= 15 is 0 Å². The lowest BCUT2D eigenvalue weighted by Gasteiger charge is -2.25. The van der Waals surface area contributed by atoms with Crippen LogP contribution in [0, 0.1) is 0 Å². The molecule has 1 aliphatic rings. The normalized spacial score (nSPS) is 15.8. The van der Waals surface area contributed by atoms with Crippen LogP contribution >= 0.6 is 0 Å². The van der Waals surface area contributed by atoms with Crippen LogP contribution in [0.3, 0.4) is 0 Å². The highest BCUT2D eigenvalue weighted by Gasteiger charge is 2.32. The van der Waals surface area contributed by atoms with E-state index in [-0.39, 0.29) is 23.3 Å². The van der Waals surface area contributed by atoms with Crippen molar-refractivity contribution < 1.29 is 9.90 Å². The number of aryl methyl sites for hydroxylation is 2. The van der Waals surface area contributed by atoms with Gasteiger partial charge in [0.05, 0.1) is 39.6 Å². The van der Waals surface area contributed by atoms with Gasteiger partial charge in [-0.15, -0.1) is 0 Å². The Bertz CT molecular complexity index is 1650. The van der Waals surface area contributed by atoms with E-state index in [0.29, 0.717) is 17.8 Å². The van der Waals surface area contributed by atoms with Crippen LogP contribution in [0.5, 0.6) is 5.75 Å². The quantitative estimate of drug-likeness (QED) is 0.307. The number of Topliss-reactive ketones (excluding diaryl/α,β-unsaturated/α-hetero) is 1. The van der Waals surface area contributed by atoms with E-state index in [2.05, 4.69) is 34.4 Å². The fourth-order valence-corrected chi connectivity index (χ4v) is 5.56. The number of hydrogen-bond donors (Lipinski definition) is 3. The predicted molar refractivity (Wildman–Crippen MR) is 137 cm³/mol. The number of aromatic nitrogens is 2. The van der Waals surface area contributed by atoms with Crippen LogP contribution in [0.2, 0.25) is 0 Å². The number of nitrogens with one attached hydrogen (secondary N) is 1. The molecular weight excluding hydrogens is 424 g/mol. The highest BCUT2D eigenvalue weighted by Crippen LogP contribution is 2.43. The first-order chi connectivity index (χ1) is 16.5. The Labute approximate surface area is 196 Å². The maximum atomic E-state index is 13.1. The maximum absolute atomic E-state index is 13.1. The third-order valence-corrected chi connectivity index (χ3v) is 7.00. The van der Waals surface area contributed by atoms with Gasteiger partial charge in [-0.2, -0.15) is 0 Å². The second kappa shape index (κ2) is 7.42. The molecule has 6 heteroatoms. The summed E-state index contributed by atoms with van der Waals surface area (Å²) in [7, 11) is 0. The zero-order chi connectivity index (χ0) is 23.6. The molecule has 1 unspecified atom stereocenters. The topological polar surface area (TPSA) is 85.2 Å². The first-order valence-electron chi connectivity index (χ1n) is 11.7. The summed E-state index contributed by atoms with van der Waals surface area (Å²) in [6, 6.07) is 19.6. The third-order valence-electron chi connectivity index (χ3n) is 7.00. The van der Waals surface area contributed by atoms with Crippen LogP contribution < -0.4 is 11.1 Å². The summed E-state index contributed by atoms with van der Waals surface area (Å²) in [4.78, 5) is 13.1. The van der Waals surface area contributed by atoms with Crippen molar-refractivity contribution in [2.24, 2.45) is 5.73 Å². The molecular formula is C28H26N4O2. The maximum Gasteiger partial charge on any atom is 0.210 e. The van der Waals surface area contributed by atoms with Crippen molar-refractivity contribution in [2.45, 2.75) is 33.0 Å². The van der Waals surface area contributed by atoms with Gasteiger partial charge in [-0.3, -0.25) is 4.79 Å². The molecule has 1 aliphatic carbocycles. The molecule has 170 valence electrons. The van der Waals surface area contributed by atoms with Gasteiger partial charge >= 0.3 is 0 Å². The van der Waals surface area contributed by atoms with Gasteiger partial charge in [-0.1, -0.05) is 36.4 Å². The number of phenolic OH excluding ortho intramolecular Hbond substituents is 1. The number of nitrogens with two attached hydrogens (primary N) is 1. The lowest BCUT2D eigenvalue weighted by molar-refractivity contribution is 0.103. The van der Waals surface area contributed by atoms with Crippen LogP contribution in [-0.4, -0.2) is 20.0 Å². The minimum Gasteiger partial charge on any atom is -0.505 e. The molecule has 0 fully saturated rings. The molecule has 2 heterocycles. The molecule has 5 aromatic rings. The Morgan fingerprint density at radius 2 is 1.53 bits per heavy atom. The Kier molecular flexibility index (Phi) is 4.45. The summed E-state index contributed by atoms with van der Waals surface area (Å²) in [5.41, 5.74) is 11.6. The Morgan fingerprint density at radius 3 is 2.24 bits per heavy atom. The number of benzene rings is 3. The van der Waals surface area contributed by atoms with Gasteiger partial charge in [0.2, 0.25) is 5.78 Å². The Hall–Kier alpha value is -4.19. The first kappa shape index (κ1) is 20.4. The zero-order valence-electron chi connectivity index (χ0n) is 19.2. The number of rotatable bonds is 4. The zero-order valence-corrected chi connectivity index (χ0v) is 19.2. The van der Waals surface area contributed by atoms with Gasteiger partial charge in [0.25, 0.3) is 0 Å². The number of nitrogens with zero attached hydrogens (tertiary/aromatic N) is 2. The second-order valence-corrected chi connectivity index (χ2v) is 8.71. The van der Waals surface area contributed by atoms with Crippen LogP contribution in [0.25, 0.3) is 32.7 Å². The largest absolute Gasteiger partial charge is 0.505 e. The standard InChI is InChI=1S/C28H26N4O2/c1-3-31-21-11-7-5-9-16(21)24-23(31)14-13-19(28(24)34)30-20-15-18(29)27(33)25-17-10-6-8-12-22(17)32(4-2)26(20)25/h5-15,20,30,34H,3-4,29H2,1-2H3. The van der Waals surface area contributed by atoms with E-state index in [1.54, 1.807) is 6.08 Å². The number of hydrogen-bond acceptors (Lipinski definition) is 4. The average Bonchev–Trinajstić information content (AvgIpc) is 3.37. The number of ketones is 1. The molecule has 0 saturated heterocycles. The summed E-state index contributed by atoms with van der Waals surface area (Å²) in [6.45, 7) is 5.69. The summed E-state index contributed by atoms with van der Waals surface area (Å²) >= 11 is 0. The summed E-state index contributed by atoms with van der Waals surface area (Å²) in [5.74, 6) is 0.0487. The van der Waals surface area contributed by atoms with Crippen LogP contribution in [0.15, 0.2) is 72.4 Å². The summed E-state index contributed by atoms with van der Waals surface area (Å²) in [5, 5.41) is 17.6. The number of carbonyl (C=O) groups excluding carboxylic acids is 1. The molecule has 1 atom stereocenters. The summed E-state index contributed by atoms with van der Waals surface area (Å²) in [6.07, 6.45) is 1.76. The first-order valence-corrected chi connectivity index (χ1v) is 11.7. The van der Waals surface area contributed by atoms with Crippen molar-refractivity contribution in [3.63, 3.8) is 0 Å².